The summed E-state index contributed by atoms with van der Waals surface area (Å²) in [4.78, 5) is 25.3. The van der Waals surface area contributed by atoms with Gasteiger partial charge in [0.15, 0.2) is 16.7 Å². The van der Waals surface area contributed by atoms with Gasteiger partial charge in [0.25, 0.3) is 11.6 Å². The number of ether oxygens (including phenoxy) is 1. The first-order valence-corrected chi connectivity index (χ1v) is 10.7. The van der Waals surface area contributed by atoms with Crippen LogP contribution in [0.2, 0.25) is 0 Å². The van der Waals surface area contributed by atoms with Crippen LogP contribution in [0.5, 0.6) is 11.5 Å². The molecule has 0 aliphatic carbocycles. The number of phenols is 1. The van der Waals surface area contributed by atoms with Crippen LogP contribution in [0.4, 0.5) is 5.69 Å². The maximum atomic E-state index is 13.1. The number of benzene rings is 2. The van der Waals surface area contributed by atoms with Crippen LogP contribution in [0.15, 0.2) is 80.4 Å². The molecule has 0 atom stereocenters. The number of nitrogens with zero attached hydrogens (tertiary/aromatic N) is 4. The number of amides is 1. The fourth-order valence-electron chi connectivity index (χ4n) is 3.04. The van der Waals surface area contributed by atoms with Crippen molar-refractivity contribution in [1.82, 2.24) is 4.90 Å². The minimum Gasteiger partial charge on any atom is -0.504 e. The van der Waals surface area contributed by atoms with E-state index in [1.54, 1.807) is 42.5 Å². The van der Waals surface area contributed by atoms with E-state index in [0.717, 1.165) is 11.8 Å². The van der Waals surface area contributed by atoms with Crippen molar-refractivity contribution in [1.29, 1.82) is 0 Å². The topological polar surface area (TPSA) is 131 Å². The molecule has 11 heteroatoms. The highest BCUT2D eigenvalue weighted by Gasteiger charge is 2.34. The van der Waals surface area contributed by atoms with Gasteiger partial charge in [0.1, 0.15) is 5.76 Å². The van der Waals surface area contributed by atoms with Gasteiger partial charge in [-0.05, 0) is 71.4 Å². The number of non-ortho nitro benzene ring substituents is 1. The Morgan fingerprint density at radius 2 is 1.97 bits per heavy atom. The van der Waals surface area contributed by atoms with Crippen molar-refractivity contribution in [3.63, 3.8) is 0 Å². The van der Waals surface area contributed by atoms with Gasteiger partial charge >= 0.3 is 0 Å². The van der Waals surface area contributed by atoms with Gasteiger partial charge in [-0.2, -0.15) is 5.10 Å². The summed E-state index contributed by atoms with van der Waals surface area (Å²) in [5, 5.41) is 29.2. The van der Waals surface area contributed by atoms with Gasteiger partial charge in [-0.15, -0.1) is 5.10 Å². The molecule has 0 radical (unpaired) electrons. The lowest BCUT2D eigenvalue weighted by atomic mass is 10.2. The summed E-state index contributed by atoms with van der Waals surface area (Å²) in [6, 6.07) is 14.1. The van der Waals surface area contributed by atoms with E-state index in [-0.39, 0.29) is 23.9 Å². The molecule has 0 saturated carbocycles. The average molecular weight is 478 g/mol. The van der Waals surface area contributed by atoms with Crippen molar-refractivity contribution < 1.29 is 24.0 Å². The van der Waals surface area contributed by atoms with E-state index in [2.05, 4.69) is 10.2 Å². The molecule has 0 spiro atoms. The number of carbonyl (C=O) groups is 1. The van der Waals surface area contributed by atoms with E-state index in [0.29, 0.717) is 32.7 Å². The molecule has 10 nitrogen and oxygen atoms in total. The van der Waals surface area contributed by atoms with Gasteiger partial charge in [0.05, 0.1) is 36.0 Å². The average Bonchev–Trinajstić information content (AvgIpc) is 3.45. The number of phenolic OH excluding ortho intramolecular Hbond substituents is 1. The van der Waals surface area contributed by atoms with E-state index in [1.165, 1.54) is 42.7 Å². The number of rotatable bonds is 7. The smallest absolute Gasteiger partial charge is 0.269 e. The maximum absolute atomic E-state index is 13.1. The summed E-state index contributed by atoms with van der Waals surface area (Å²) in [7, 11) is 1.45. The van der Waals surface area contributed by atoms with Crippen molar-refractivity contribution in [2.75, 3.05) is 7.11 Å². The van der Waals surface area contributed by atoms with Gasteiger partial charge < -0.3 is 14.3 Å². The van der Waals surface area contributed by atoms with Crippen LogP contribution in [-0.4, -0.2) is 39.3 Å². The molecule has 0 bridgehead atoms. The molecular weight excluding hydrogens is 460 g/mol. The Morgan fingerprint density at radius 3 is 2.65 bits per heavy atom. The van der Waals surface area contributed by atoms with Crippen LogP contribution in [0.3, 0.4) is 0 Å². The second-order valence-electron chi connectivity index (χ2n) is 6.99. The Labute approximate surface area is 198 Å². The van der Waals surface area contributed by atoms with Crippen molar-refractivity contribution in [3.8, 4) is 11.5 Å². The fraction of sp³-hybridized carbons (Fsp3) is 0.0870. The van der Waals surface area contributed by atoms with Gasteiger partial charge in [0.2, 0.25) is 0 Å². The minimum atomic E-state index is -0.482. The van der Waals surface area contributed by atoms with E-state index in [1.807, 2.05) is 0 Å². The highest BCUT2D eigenvalue weighted by Crippen LogP contribution is 2.34. The van der Waals surface area contributed by atoms with Crippen LogP contribution in [0.25, 0.3) is 6.08 Å². The van der Waals surface area contributed by atoms with Crippen molar-refractivity contribution in [2.24, 2.45) is 10.2 Å². The molecule has 1 amide bonds. The molecule has 1 aromatic heterocycles. The third-order valence-electron chi connectivity index (χ3n) is 4.74. The zero-order chi connectivity index (χ0) is 24.1. The number of amidine groups is 1. The first kappa shape index (κ1) is 22.8. The molecule has 2 aromatic carbocycles. The molecule has 1 N–H and O–H groups in total. The van der Waals surface area contributed by atoms with Crippen molar-refractivity contribution in [3.05, 3.63) is 92.8 Å². The molecule has 2 heterocycles. The first-order valence-electron chi connectivity index (χ1n) is 9.91. The third-order valence-corrected chi connectivity index (χ3v) is 5.73. The highest BCUT2D eigenvalue weighted by molar-refractivity contribution is 8.18. The zero-order valence-electron chi connectivity index (χ0n) is 17.8. The SMILES string of the molecule is COc1cc(/C=N/N=C2\S/C(=C\c3ccc([N+](=O)[O-])cc3)C(=O)N2Cc2ccco2)ccc1O. The lowest BCUT2D eigenvalue weighted by Crippen LogP contribution is -2.28. The summed E-state index contributed by atoms with van der Waals surface area (Å²) in [5.41, 5.74) is 1.25. The normalized spacial score (nSPS) is 16.1. The number of thioether (sulfide) groups is 1. The Hall–Kier alpha value is -4.38. The molecule has 172 valence electrons. The lowest BCUT2D eigenvalue weighted by molar-refractivity contribution is -0.384. The van der Waals surface area contributed by atoms with Crippen LogP contribution in [-0.2, 0) is 11.3 Å². The van der Waals surface area contributed by atoms with E-state index < -0.39 is 4.92 Å². The second kappa shape index (κ2) is 10.0. The molecule has 3 aromatic rings. The summed E-state index contributed by atoms with van der Waals surface area (Å²) < 4.78 is 10.5. The van der Waals surface area contributed by atoms with Crippen LogP contribution < -0.4 is 4.74 Å². The number of furan rings is 1. The van der Waals surface area contributed by atoms with Gasteiger partial charge in [-0.25, -0.2) is 0 Å². The number of methoxy groups -OCH3 is 1. The molecule has 1 saturated heterocycles. The van der Waals surface area contributed by atoms with Crippen LogP contribution >= 0.6 is 11.8 Å². The van der Waals surface area contributed by atoms with Crippen LogP contribution in [0, 0.1) is 10.1 Å². The predicted molar refractivity (Wildman–Crippen MR) is 128 cm³/mol. The number of aromatic hydroxyl groups is 1. The van der Waals surface area contributed by atoms with Crippen molar-refractivity contribution in [2.45, 2.75) is 6.54 Å². The second-order valence-corrected chi connectivity index (χ2v) is 8.00. The number of nitro benzene ring substituents is 1. The molecule has 4 rings (SSSR count). The Morgan fingerprint density at radius 1 is 1.21 bits per heavy atom. The lowest BCUT2D eigenvalue weighted by Gasteiger charge is -2.12. The number of hydrogen-bond acceptors (Lipinski definition) is 9. The van der Waals surface area contributed by atoms with Gasteiger partial charge in [0, 0.05) is 12.1 Å². The molecule has 1 aliphatic heterocycles. The summed E-state index contributed by atoms with van der Waals surface area (Å²) in [6.07, 6.45) is 4.63. The first-order chi connectivity index (χ1) is 16.4. The van der Waals surface area contributed by atoms with Crippen LogP contribution in [0.1, 0.15) is 16.9 Å². The molecule has 1 aliphatic rings. The van der Waals surface area contributed by atoms with Gasteiger partial charge in [-0.3, -0.25) is 19.8 Å². The molecule has 1 fully saturated rings. The minimum absolute atomic E-state index is 0.00792. The molecule has 34 heavy (non-hydrogen) atoms. The molecular formula is C23H18N4O6S. The Kier molecular flexibility index (Phi) is 6.74. The summed E-state index contributed by atoms with van der Waals surface area (Å²) >= 11 is 1.13. The fourth-order valence-corrected chi connectivity index (χ4v) is 3.98. The Bertz CT molecular complexity index is 1300. The summed E-state index contributed by atoms with van der Waals surface area (Å²) in [5.74, 6) is 0.592. The van der Waals surface area contributed by atoms with Gasteiger partial charge in [-0.1, -0.05) is 0 Å². The number of nitro groups is 1. The summed E-state index contributed by atoms with van der Waals surface area (Å²) in [6.45, 7) is 0.165. The third kappa shape index (κ3) is 5.15. The number of hydrogen-bond donors (Lipinski definition) is 1. The maximum Gasteiger partial charge on any atom is 0.269 e. The van der Waals surface area contributed by atoms with E-state index in [4.69, 9.17) is 9.15 Å². The number of carbonyl (C=O) groups excluding carboxylic acids is 1. The quantitative estimate of drug-likeness (QED) is 0.230. The Balaban J connectivity index is 1.61. The van der Waals surface area contributed by atoms with E-state index >= 15 is 0 Å². The largest absolute Gasteiger partial charge is 0.504 e. The molecule has 0 unspecified atom stereocenters. The highest BCUT2D eigenvalue weighted by atomic mass is 32.2. The zero-order valence-corrected chi connectivity index (χ0v) is 18.6. The standard InChI is InChI=1S/C23H18N4O6S/c1-32-20-11-16(6-9-19(20)28)13-24-25-23-26(14-18-3-2-10-33-18)22(29)21(34-23)12-15-4-7-17(8-5-15)27(30)31/h2-13,28H,14H2,1H3/b21-12-,24-13+,25-23-. The monoisotopic (exact) mass is 478 g/mol. The predicted octanol–water partition coefficient (Wildman–Crippen LogP) is 4.41. The van der Waals surface area contributed by atoms with Crippen molar-refractivity contribution >= 4 is 40.8 Å². The van der Waals surface area contributed by atoms with E-state index in [9.17, 15) is 20.0 Å².